The predicted octanol–water partition coefficient (Wildman–Crippen LogP) is 2.19. The highest BCUT2D eigenvalue weighted by atomic mass is 35.5. The van der Waals surface area contributed by atoms with Crippen molar-refractivity contribution in [2.75, 3.05) is 19.8 Å². The Balaban J connectivity index is 2.84. The van der Waals surface area contributed by atoms with E-state index in [1.807, 2.05) is 12.1 Å². The van der Waals surface area contributed by atoms with E-state index in [-0.39, 0.29) is 6.61 Å². The van der Waals surface area contributed by atoms with Crippen LogP contribution in [-0.2, 0) is 6.42 Å². The van der Waals surface area contributed by atoms with E-state index in [4.69, 9.17) is 22.1 Å². The van der Waals surface area contributed by atoms with E-state index in [1.54, 1.807) is 6.07 Å². The van der Waals surface area contributed by atoms with Crippen LogP contribution in [0.4, 0.5) is 4.39 Å². The lowest BCUT2D eigenvalue weighted by Gasteiger charge is -2.11. The molecule has 0 aliphatic heterocycles. The average Bonchev–Trinajstić information content (AvgIpc) is 2.18. The van der Waals surface area contributed by atoms with Crippen molar-refractivity contribution in [3.8, 4) is 5.75 Å². The molecule has 0 amide bonds. The molecule has 0 bridgehead atoms. The van der Waals surface area contributed by atoms with Crippen LogP contribution in [0.15, 0.2) is 18.2 Å². The van der Waals surface area contributed by atoms with Gasteiger partial charge in [0.1, 0.15) is 19.0 Å². The fourth-order valence-corrected chi connectivity index (χ4v) is 1.46. The summed E-state index contributed by atoms with van der Waals surface area (Å²) < 4.78 is 17.1. The van der Waals surface area contributed by atoms with E-state index in [2.05, 4.69) is 0 Å². The van der Waals surface area contributed by atoms with Gasteiger partial charge in [-0.1, -0.05) is 23.7 Å². The van der Waals surface area contributed by atoms with Crippen LogP contribution in [0, 0.1) is 0 Å². The Labute approximate surface area is 87.8 Å². The second-order valence-corrected chi connectivity index (χ2v) is 3.21. The molecule has 0 saturated heterocycles. The van der Waals surface area contributed by atoms with Crippen molar-refractivity contribution >= 4 is 11.6 Å². The molecule has 0 aliphatic carbocycles. The molecule has 2 N–H and O–H groups in total. The van der Waals surface area contributed by atoms with E-state index in [9.17, 15) is 4.39 Å². The standard InChI is InChI=1S/C10H13ClFNO/c11-9-3-1-2-8(4-6-13)10(9)14-7-5-12/h1-3H,4-7,13H2. The Morgan fingerprint density at radius 2 is 2.21 bits per heavy atom. The zero-order valence-corrected chi connectivity index (χ0v) is 8.56. The molecule has 4 heteroatoms. The van der Waals surface area contributed by atoms with Crippen molar-refractivity contribution in [1.29, 1.82) is 0 Å². The third-order valence-corrected chi connectivity index (χ3v) is 2.08. The highest BCUT2D eigenvalue weighted by molar-refractivity contribution is 6.32. The van der Waals surface area contributed by atoms with Crippen molar-refractivity contribution < 1.29 is 9.13 Å². The van der Waals surface area contributed by atoms with Crippen molar-refractivity contribution in [2.24, 2.45) is 5.73 Å². The average molecular weight is 218 g/mol. The summed E-state index contributed by atoms with van der Waals surface area (Å²) in [6.45, 7) is 0.0287. The third-order valence-electron chi connectivity index (χ3n) is 1.79. The molecule has 1 rings (SSSR count). The zero-order chi connectivity index (χ0) is 10.4. The first-order valence-electron chi connectivity index (χ1n) is 4.45. The molecule has 0 radical (unpaired) electrons. The highest BCUT2D eigenvalue weighted by Crippen LogP contribution is 2.28. The van der Waals surface area contributed by atoms with Crippen LogP contribution in [0.2, 0.25) is 5.02 Å². The molecule has 2 nitrogen and oxygen atoms in total. The summed E-state index contributed by atoms with van der Waals surface area (Å²) in [6, 6.07) is 5.43. The molecule has 0 unspecified atom stereocenters. The molecule has 78 valence electrons. The Kier molecular flexibility index (Phi) is 4.70. The van der Waals surface area contributed by atoms with Gasteiger partial charge in [-0.2, -0.15) is 0 Å². The van der Waals surface area contributed by atoms with Gasteiger partial charge in [-0.15, -0.1) is 0 Å². The maximum atomic E-state index is 11.9. The van der Waals surface area contributed by atoms with Crippen molar-refractivity contribution in [1.82, 2.24) is 0 Å². The lowest BCUT2D eigenvalue weighted by atomic mass is 10.1. The first-order valence-corrected chi connectivity index (χ1v) is 4.83. The number of para-hydroxylation sites is 1. The van der Waals surface area contributed by atoms with Crippen LogP contribution < -0.4 is 10.5 Å². The smallest absolute Gasteiger partial charge is 0.141 e. The summed E-state index contributed by atoms with van der Waals surface area (Å²) in [4.78, 5) is 0. The number of halogens is 2. The molecule has 14 heavy (non-hydrogen) atoms. The van der Waals surface area contributed by atoms with Gasteiger partial charge < -0.3 is 10.5 Å². The highest BCUT2D eigenvalue weighted by Gasteiger charge is 2.07. The van der Waals surface area contributed by atoms with Gasteiger partial charge in [0.25, 0.3) is 0 Å². The molecule has 0 spiro atoms. The second kappa shape index (κ2) is 5.83. The summed E-state index contributed by atoms with van der Waals surface area (Å²) in [5.41, 5.74) is 6.36. The van der Waals surface area contributed by atoms with Crippen LogP contribution in [0.5, 0.6) is 5.75 Å². The molecule has 0 saturated carbocycles. The minimum atomic E-state index is -0.521. The Morgan fingerprint density at radius 3 is 2.86 bits per heavy atom. The second-order valence-electron chi connectivity index (χ2n) is 2.80. The molecular weight excluding hydrogens is 205 g/mol. The Morgan fingerprint density at radius 1 is 1.43 bits per heavy atom. The fraction of sp³-hybridized carbons (Fsp3) is 0.400. The maximum absolute atomic E-state index is 11.9. The van der Waals surface area contributed by atoms with E-state index in [0.717, 1.165) is 5.56 Å². The van der Waals surface area contributed by atoms with Gasteiger partial charge in [-0.25, -0.2) is 4.39 Å². The van der Waals surface area contributed by atoms with Crippen LogP contribution in [0.1, 0.15) is 5.56 Å². The van der Waals surface area contributed by atoms with E-state index in [0.29, 0.717) is 23.7 Å². The molecule has 0 aliphatic rings. The monoisotopic (exact) mass is 217 g/mol. The Hall–Kier alpha value is -0.800. The summed E-state index contributed by atoms with van der Waals surface area (Å²) in [6.07, 6.45) is 0.683. The molecule has 0 atom stereocenters. The minimum absolute atomic E-state index is 0.0291. The van der Waals surface area contributed by atoms with E-state index >= 15 is 0 Å². The summed E-state index contributed by atoms with van der Waals surface area (Å²) >= 11 is 5.91. The van der Waals surface area contributed by atoms with Gasteiger partial charge in [0.05, 0.1) is 5.02 Å². The predicted molar refractivity (Wildman–Crippen MR) is 55.7 cm³/mol. The third kappa shape index (κ3) is 2.86. The van der Waals surface area contributed by atoms with Gasteiger partial charge in [0.15, 0.2) is 0 Å². The molecule has 0 fully saturated rings. The molecule has 0 aromatic heterocycles. The van der Waals surface area contributed by atoms with Gasteiger partial charge in [-0.05, 0) is 24.6 Å². The number of hydrogen-bond donors (Lipinski definition) is 1. The van der Waals surface area contributed by atoms with Crippen LogP contribution in [0.25, 0.3) is 0 Å². The summed E-state index contributed by atoms with van der Waals surface area (Å²) in [7, 11) is 0. The van der Waals surface area contributed by atoms with Crippen LogP contribution >= 0.6 is 11.6 Å². The molecule has 1 aromatic carbocycles. The maximum Gasteiger partial charge on any atom is 0.141 e. The SMILES string of the molecule is NCCc1cccc(Cl)c1OCCF. The van der Waals surface area contributed by atoms with Crippen LogP contribution in [0.3, 0.4) is 0 Å². The zero-order valence-electron chi connectivity index (χ0n) is 7.80. The van der Waals surface area contributed by atoms with E-state index < -0.39 is 6.67 Å². The van der Waals surface area contributed by atoms with Crippen molar-refractivity contribution in [2.45, 2.75) is 6.42 Å². The van der Waals surface area contributed by atoms with Gasteiger partial charge >= 0.3 is 0 Å². The fourth-order valence-electron chi connectivity index (χ4n) is 1.21. The molecular formula is C10H13ClFNO. The number of alkyl halides is 1. The summed E-state index contributed by atoms with van der Waals surface area (Å²) in [5.74, 6) is 0.553. The summed E-state index contributed by atoms with van der Waals surface area (Å²) in [5, 5.41) is 0.504. The minimum Gasteiger partial charge on any atom is -0.489 e. The van der Waals surface area contributed by atoms with Crippen molar-refractivity contribution in [3.05, 3.63) is 28.8 Å². The first kappa shape index (κ1) is 11.3. The lowest BCUT2D eigenvalue weighted by molar-refractivity contribution is 0.271. The van der Waals surface area contributed by atoms with Crippen molar-refractivity contribution in [3.63, 3.8) is 0 Å². The van der Waals surface area contributed by atoms with Gasteiger partial charge in [0, 0.05) is 0 Å². The van der Waals surface area contributed by atoms with Crippen LogP contribution in [-0.4, -0.2) is 19.8 Å². The number of benzene rings is 1. The lowest BCUT2D eigenvalue weighted by Crippen LogP contribution is -2.07. The number of nitrogens with two attached hydrogens (primary N) is 1. The van der Waals surface area contributed by atoms with Gasteiger partial charge in [-0.3, -0.25) is 0 Å². The first-order chi connectivity index (χ1) is 6.79. The number of hydrogen-bond acceptors (Lipinski definition) is 2. The molecule has 1 aromatic rings. The quantitative estimate of drug-likeness (QED) is 0.821. The Bertz CT molecular complexity index is 293. The number of rotatable bonds is 5. The van der Waals surface area contributed by atoms with E-state index in [1.165, 1.54) is 0 Å². The topological polar surface area (TPSA) is 35.2 Å². The molecule has 0 heterocycles. The number of ether oxygens (including phenoxy) is 1. The van der Waals surface area contributed by atoms with Gasteiger partial charge in [0.2, 0.25) is 0 Å². The largest absolute Gasteiger partial charge is 0.489 e. The normalized spacial score (nSPS) is 10.2.